The molecule has 1 saturated heterocycles. The summed E-state index contributed by atoms with van der Waals surface area (Å²) >= 11 is 0. The third-order valence-electron chi connectivity index (χ3n) is 4.66. The first-order valence-corrected chi connectivity index (χ1v) is 7.86. The number of likely N-dealkylation sites (N-methyl/N-ethyl adjacent to an activating group) is 1. The average Bonchev–Trinajstić information content (AvgIpc) is 2.42. The maximum atomic E-state index is 12.4. The summed E-state index contributed by atoms with van der Waals surface area (Å²) in [5.74, 6) is 0.734. The quantitative estimate of drug-likeness (QED) is 0.796. The van der Waals surface area contributed by atoms with Crippen molar-refractivity contribution in [2.45, 2.75) is 39.2 Å². The first kappa shape index (κ1) is 16.2. The summed E-state index contributed by atoms with van der Waals surface area (Å²) in [6.07, 6.45) is 0. The Morgan fingerprint density at radius 1 is 1.19 bits per heavy atom. The van der Waals surface area contributed by atoms with Gasteiger partial charge in [-0.15, -0.1) is 0 Å². The van der Waals surface area contributed by atoms with Crippen molar-refractivity contribution >= 4 is 5.78 Å². The van der Waals surface area contributed by atoms with Crippen LogP contribution in [0.25, 0.3) is 0 Å². The van der Waals surface area contributed by atoms with Crippen LogP contribution in [-0.2, 0) is 0 Å². The summed E-state index contributed by atoms with van der Waals surface area (Å²) in [7, 11) is 2.16. The van der Waals surface area contributed by atoms with Crippen molar-refractivity contribution in [1.82, 2.24) is 9.80 Å². The fourth-order valence-corrected chi connectivity index (χ4v) is 2.82. The van der Waals surface area contributed by atoms with E-state index >= 15 is 0 Å². The van der Waals surface area contributed by atoms with Crippen molar-refractivity contribution in [2.75, 3.05) is 33.2 Å². The lowest BCUT2D eigenvalue weighted by atomic mass is 9.98. The molecule has 0 spiro atoms. The molecule has 1 fully saturated rings. The number of nitrogens with zero attached hydrogens (tertiary/aromatic N) is 2. The Balaban J connectivity index is 1.98. The summed E-state index contributed by atoms with van der Waals surface area (Å²) in [5.41, 5.74) is 2.25. The number of hydrogen-bond acceptors (Lipinski definition) is 3. The number of ketones is 1. The molecule has 0 atom stereocenters. The number of benzene rings is 1. The van der Waals surface area contributed by atoms with Crippen molar-refractivity contribution in [3.8, 4) is 0 Å². The molecule has 1 aliphatic heterocycles. The molecule has 1 aliphatic rings. The van der Waals surface area contributed by atoms with Crippen LogP contribution in [-0.4, -0.2) is 54.3 Å². The zero-order valence-electron chi connectivity index (χ0n) is 14.0. The van der Waals surface area contributed by atoms with Crippen LogP contribution in [0.2, 0.25) is 0 Å². The predicted molar refractivity (Wildman–Crippen MR) is 88.0 cm³/mol. The standard InChI is InChI=1S/C18H28N2O/c1-14(2)15-6-8-16(9-7-15)17(21)12-20-11-10-19(5)18(3,4)13-20/h6-9,14H,10-13H2,1-5H3. The van der Waals surface area contributed by atoms with Gasteiger partial charge in [0.15, 0.2) is 5.78 Å². The summed E-state index contributed by atoms with van der Waals surface area (Å²) in [6.45, 7) is 12.3. The molecule has 116 valence electrons. The van der Waals surface area contributed by atoms with E-state index in [1.807, 2.05) is 12.1 Å². The highest BCUT2D eigenvalue weighted by Gasteiger charge is 2.31. The van der Waals surface area contributed by atoms with Crippen molar-refractivity contribution in [3.05, 3.63) is 35.4 Å². The van der Waals surface area contributed by atoms with Gasteiger partial charge in [-0.05, 0) is 32.4 Å². The van der Waals surface area contributed by atoms with E-state index in [0.717, 1.165) is 25.2 Å². The van der Waals surface area contributed by atoms with E-state index in [1.54, 1.807) is 0 Å². The molecule has 0 amide bonds. The zero-order chi connectivity index (χ0) is 15.6. The van der Waals surface area contributed by atoms with E-state index in [2.05, 4.69) is 56.7 Å². The van der Waals surface area contributed by atoms with E-state index in [-0.39, 0.29) is 11.3 Å². The molecular weight excluding hydrogens is 260 g/mol. The molecule has 1 aromatic carbocycles. The van der Waals surface area contributed by atoms with Crippen LogP contribution < -0.4 is 0 Å². The summed E-state index contributed by atoms with van der Waals surface area (Å²) < 4.78 is 0. The largest absolute Gasteiger partial charge is 0.299 e. The molecule has 0 N–H and O–H groups in total. The minimum Gasteiger partial charge on any atom is -0.299 e. The van der Waals surface area contributed by atoms with Crippen molar-refractivity contribution in [3.63, 3.8) is 0 Å². The summed E-state index contributed by atoms with van der Waals surface area (Å²) in [6, 6.07) is 8.09. The molecule has 0 aromatic heterocycles. The Morgan fingerprint density at radius 2 is 1.81 bits per heavy atom. The van der Waals surface area contributed by atoms with Crippen LogP contribution in [0.4, 0.5) is 0 Å². The SMILES string of the molecule is CC(C)c1ccc(C(=O)CN2CCN(C)C(C)(C)C2)cc1. The molecule has 2 rings (SSSR count). The summed E-state index contributed by atoms with van der Waals surface area (Å²) in [4.78, 5) is 17.1. The van der Waals surface area contributed by atoms with Gasteiger partial charge in [-0.1, -0.05) is 38.1 Å². The van der Waals surface area contributed by atoms with E-state index in [4.69, 9.17) is 0 Å². The van der Waals surface area contributed by atoms with Gasteiger partial charge < -0.3 is 0 Å². The normalized spacial score (nSPS) is 19.9. The Morgan fingerprint density at radius 3 is 2.33 bits per heavy atom. The van der Waals surface area contributed by atoms with Gasteiger partial charge in [0.05, 0.1) is 6.54 Å². The molecule has 0 bridgehead atoms. The first-order valence-electron chi connectivity index (χ1n) is 7.86. The number of carbonyl (C=O) groups is 1. The second kappa shape index (κ2) is 6.29. The van der Waals surface area contributed by atoms with E-state index in [1.165, 1.54) is 5.56 Å². The zero-order valence-corrected chi connectivity index (χ0v) is 14.0. The third kappa shape index (κ3) is 3.92. The van der Waals surface area contributed by atoms with Gasteiger partial charge in [-0.2, -0.15) is 0 Å². The maximum absolute atomic E-state index is 12.4. The van der Waals surface area contributed by atoms with E-state index < -0.39 is 0 Å². The smallest absolute Gasteiger partial charge is 0.176 e. The fourth-order valence-electron chi connectivity index (χ4n) is 2.82. The van der Waals surface area contributed by atoms with Gasteiger partial charge in [-0.3, -0.25) is 14.6 Å². The van der Waals surface area contributed by atoms with Crippen molar-refractivity contribution in [1.29, 1.82) is 0 Å². The highest BCUT2D eigenvalue weighted by atomic mass is 16.1. The van der Waals surface area contributed by atoms with Crippen LogP contribution in [0, 0.1) is 0 Å². The average molecular weight is 288 g/mol. The van der Waals surface area contributed by atoms with Crippen molar-refractivity contribution < 1.29 is 4.79 Å². The Hall–Kier alpha value is -1.19. The van der Waals surface area contributed by atoms with E-state index in [0.29, 0.717) is 12.5 Å². The minimum atomic E-state index is 0.139. The molecule has 0 aliphatic carbocycles. The topological polar surface area (TPSA) is 23.6 Å². The van der Waals surface area contributed by atoms with E-state index in [9.17, 15) is 4.79 Å². The van der Waals surface area contributed by atoms with Crippen LogP contribution in [0.15, 0.2) is 24.3 Å². The van der Waals surface area contributed by atoms with Gasteiger partial charge in [0.1, 0.15) is 0 Å². The fraction of sp³-hybridized carbons (Fsp3) is 0.611. The highest BCUT2D eigenvalue weighted by Crippen LogP contribution is 2.19. The number of hydrogen-bond donors (Lipinski definition) is 0. The lowest BCUT2D eigenvalue weighted by Crippen LogP contribution is -2.58. The Labute approximate surface area is 128 Å². The van der Waals surface area contributed by atoms with Gasteiger partial charge in [0.2, 0.25) is 0 Å². The highest BCUT2D eigenvalue weighted by molar-refractivity contribution is 5.97. The van der Waals surface area contributed by atoms with Gasteiger partial charge >= 0.3 is 0 Å². The van der Waals surface area contributed by atoms with Gasteiger partial charge in [0.25, 0.3) is 0 Å². The summed E-state index contributed by atoms with van der Waals surface area (Å²) in [5, 5.41) is 0. The number of carbonyl (C=O) groups excluding carboxylic acids is 1. The minimum absolute atomic E-state index is 0.139. The molecule has 0 unspecified atom stereocenters. The van der Waals surface area contributed by atoms with Crippen LogP contribution in [0.1, 0.15) is 49.5 Å². The third-order valence-corrected chi connectivity index (χ3v) is 4.66. The second-order valence-electron chi connectivity index (χ2n) is 7.14. The number of piperazine rings is 1. The number of Topliss-reactive ketones (excluding diaryl/α,β-unsaturated/α-hetero) is 1. The Kier molecular flexibility index (Phi) is 4.84. The van der Waals surface area contributed by atoms with Crippen LogP contribution in [0.3, 0.4) is 0 Å². The molecule has 1 aromatic rings. The number of rotatable bonds is 4. The van der Waals surface area contributed by atoms with Crippen LogP contribution in [0.5, 0.6) is 0 Å². The molecule has 21 heavy (non-hydrogen) atoms. The predicted octanol–water partition coefficient (Wildman–Crippen LogP) is 3.02. The van der Waals surface area contributed by atoms with Gasteiger partial charge in [0, 0.05) is 30.7 Å². The second-order valence-corrected chi connectivity index (χ2v) is 7.14. The van der Waals surface area contributed by atoms with Crippen LogP contribution >= 0.6 is 0 Å². The molecule has 3 nitrogen and oxygen atoms in total. The molecular formula is C18H28N2O. The molecule has 0 saturated carbocycles. The Bertz CT molecular complexity index is 490. The molecule has 1 heterocycles. The van der Waals surface area contributed by atoms with Crippen molar-refractivity contribution in [2.24, 2.45) is 0 Å². The molecule has 3 heteroatoms. The lowest BCUT2D eigenvalue weighted by Gasteiger charge is -2.45. The molecule has 0 radical (unpaired) electrons. The lowest BCUT2D eigenvalue weighted by molar-refractivity contribution is 0.0390. The van der Waals surface area contributed by atoms with Gasteiger partial charge in [-0.25, -0.2) is 0 Å². The first-order chi connectivity index (χ1) is 9.79. The maximum Gasteiger partial charge on any atom is 0.176 e. The monoisotopic (exact) mass is 288 g/mol.